The van der Waals surface area contributed by atoms with Crippen molar-refractivity contribution in [2.45, 2.75) is 19.6 Å². The molecule has 1 aliphatic heterocycles. The third-order valence-electron chi connectivity index (χ3n) is 2.88. The van der Waals surface area contributed by atoms with Gasteiger partial charge < -0.3 is 19.7 Å². The first-order valence-corrected chi connectivity index (χ1v) is 6.49. The van der Waals surface area contributed by atoms with Crippen molar-refractivity contribution in [3.05, 3.63) is 36.0 Å². The topological polar surface area (TPSA) is 67.9 Å². The van der Waals surface area contributed by atoms with Crippen LogP contribution in [0.5, 0.6) is 0 Å². The zero-order valence-corrected chi connectivity index (χ0v) is 12.5. The van der Waals surface area contributed by atoms with Crippen LogP contribution in [0, 0.1) is 0 Å². The van der Waals surface area contributed by atoms with Gasteiger partial charge in [-0.2, -0.15) is 0 Å². The molecule has 1 saturated heterocycles. The number of benzene rings is 1. The lowest BCUT2D eigenvalue weighted by atomic mass is 10.2. The van der Waals surface area contributed by atoms with E-state index in [4.69, 9.17) is 9.47 Å². The smallest absolute Gasteiger partial charge is 0.350 e. The first kappa shape index (κ1) is 14.9. The Kier molecular flexibility index (Phi) is 3.88. The average Bonchev–Trinajstić information content (AvgIpc) is 2.36. The van der Waals surface area contributed by atoms with Crippen LogP contribution in [0.15, 0.2) is 36.0 Å². The van der Waals surface area contributed by atoms with Crippen molar-refractivity contribution >= 4 is 23.3 Å². The molecule has 0 atom stereocenters. The first-order chi connectivity index (χ1) is 9.78. The zero-order valence-electron chi connectivity index (χ0n) is 12.5. The Morgan fingerprint density at radius 2 is 1.57 bits per heavy atom. The van der Waals surface area contributed by atoms with Crippen LogP contribution in [0.2, 0.25) is 0 Å². The fraction of sp³-hybridized carbons (Fsp3) is 0.333. The van der Waals surface area contributed by atoms with Gasteiger partial charge in [-0.15, -0.1) is 0 Å². The van der Waals surface area contributed by atoms with Gasteiger partial charge in [-0.05, 0) is 24.3 Å². The maximum atomic E-state index is 11.7. The van der Waals surface area contributed by atoms with Gasteiger partial charge in [0.25, 0.3) is 5.79 Å². The molecule has 21 heavy (non-hydrogen) atoms. The van der Waals surface area contributed by atoms with Gasteiger partial charge in [0.05, 0.1) is 0 Å². The van der Waals surface area contributed by atoms with Crippen LogP contribution in [0.1, 0.15) is 13.8 Å². The number of hydrogen-bond acceptors (Lipinski definition) is 6. The van der Waals surface area contributed by atoms with Crippen LogP contribution in [0.4, 0.5) is 11.4 Å². The molecule has 6 nitrogen and oxygen atoms in total. The molecule has 0 aliphatic carbocycles. The predicted octanol–water partition coefficient (Wildman–Crippen LogP) is 1.88. The third-order valence-corrected chi connectivity index (χ3v) is 2.88. The molecular formula is C15H18N2O4. The molecule has 0 bridgehead atoms. The van der Waals surface area contributed by atoms with Crippen molar-refractivity contribution in [3.63, 3.8) is 0 Å². The molecule has 112 valence electrons. The molecule has 2 rings (SSSR count). The number of ether oxygens (including phenoxy) is 2. The third kappa shape index (κ3) is 3.53. The number of esters is 2. The van der Waals surface area contributed by atoms with Gasteiger partial charge in [0, 0.05) is 45.5 Å². The summed E-state index contributed by atoms with van der Waals surface area (Å²) in [5.74, 6) is -2.62. The zero-order chi connectivity index (χ0) is 15.6. The molecular weight excluding hydrogens is 272 g/mol. The van der Waals surface area contributed by atoms with Gasteiger partial charge >= 0.3 is 11.9 Å². The van der Waals surface area contributed by atoms with Crippen molar-refractivity contribution in [2.24, 2.45) is 0 Å². The molecule has 6 heteroatoms. The minimum Gasteiger partial charge on any atom is -0.419 e. The second-order valence-electron chi connectivity index (χ2n) is 5.32. The fourth-order valence-electron chi connectivity index (χ4n) is 1.79. The number of nitrogens with one attached hydrogen (secondary N) is 1. The molecule has 1 heterocycles. The van der Waals surface area contributed by atoms with E-state index in [-0.39, 0.29) is 5.57 Å². The molecule has 0 radical (unpaired) electrons. The molecule has 0 spiro atoms. The standard InChI is InChI=1S/C15H18N2O4/c1-15(2)20-13(18)12(14(19)21-15)9-16-10-5-7-11(8-6-10)17(3)4/h5-9,16H,1-4H3. The highest BCUT2D eigenvalue weighted by molar-refractivity contribution is 6.15. The van der Waals surface area contributed by atoms with E-state index in [0.717, 1.165) is 11.4 Å². The van der Waals surface area contributed by atoms with Crippen LogP contribution in [0.3, 0.4) is 0 Å². The average molecular weight is 290 g/mol. The number of rotatable bonds is 3. The molecule has 0 amide bonds. The molecule has 1 aliphatic rings. The van der Waals surface area contributed by atoms with E-state index in [2.05, 4.69) is 5.32 Å². The Morgan fingerprint density at radius 3 is 2.05 bits per heavy atom. The van der Waals surface area contributed by atoms with E-state index >= 15 is 0 Å². The molecule has 1 aromatic carbocycles. The number of cyclic esters (lactones) is 2. The summed E-state index contributed by atoms with van der Waals surface area (Å²) >= 11 is 0. The Morgan fingerprint density at radius 1 is 1.05 bits per heavy atom. The number of hydrogen-bond donors (Lipinski definition) is 1. The second-order valence-corrected chi connectivity index (χ2v) is 5.32. The summed E-state index contributed by atoms with van der Waals surface area (Å²) < 4.78 is 10.00. The van der Waals surface area contributed by atoms with Gasteiger partial charge in [-0.3, -0.25) is 0 Å². The summed E-state index contributed by atoms with van der Waals surface area (Å²) in [4.78, 5) is 25.5. The molecule has 1 aromatic rings. The summed E-state index contributed by atoms with van der Waals surface area (Å²) in [5.41, 5.74) is 1.64. The molecule has 0 unspecified atom stereocenters. The maximum Gasteiger partial charge on any atom is 0.350 e. The Labute approximate surface area is 123 Å². The van der Waals surface area contributed by atoms with Gasteiger partial charge in [-0.25, -0.2) is 9.59 Å². The molecule has 1 N–H and O–H groups in total. The summed E-state index contributed by atoms with van der Waals surface area (Å²) in [6.45, 7) is 3.01. The molecule has 0 aromatic heterocycles. The summed E-state index contributed by atoms with van der Waals surface area (Å²) in [6.07, 6.45) is 1.30. The summed E-state index contributed by atoms with van der Waals surface area (Å²) in [7, 11) is 3.89. The highest BCUT2D eigenvalue weighted by atomic mass is 16.7. The van der Waals surface area contributed by atoms with Crippen molar-refractivity contribution in [1.82, 2.24) is 0 Å². The lowest BCUT2D eigenvalue weighted by molar-refractivity contribution is -0.222. The Hall–Kier alpha value is -2.50. The summed E-state index contributed by atoms with van der Waals surface area (Å²) in [5, 5.41) is 2.89. The molecule has 0 saturated carbocycles. The number of carbonyl (C=O) groups is 2. The summed E-state index contributed by atoms with van der Waals surface area (Å²) in [6, 6.07) is 7.52. The second kappa shape index (κ2) is 5.47. The molecule has 1 fully saturated rings. The van der Waals surface area contributed by atoms with E-state index < -0.39 is 17.7 Å². The van der Waals surface area contributed by atoms with Crippen LogP contribution >= 0.6 is 0 Å². The lowest BCUT2D eigenvalue weighted by Gasteiger charge is -2.29. The lowest BCUT2D eigenvalue weighted by Crippen LogP contribution is -2.42. The van der Waals surface area contributed by atoms with Crippen molar-refractivity contribution in [3.8, 4) is 0 Å². The van der Waals surface area contributed by atoms with Crippen molar-refractivity contribution in [2.75, 3.05) is 24.3 Å². The predicted molar refractivity (Wildman–Crippen MR) is 78.7 cm³/mol. The Balaban J connectivity index is 2.10. The van der Waals surface area contributed by atoms with Crippen molar-refractivity contribution < 1.29 is 19.1 Å². The fourth-order valence-corrected chi connectivity index (χ4v) is 1.79. The minimum atomic E-state index is -1.22. The van der Waals surface area contributed by atoms with Crippen molar-refractivity contribution in [1.29, 1.82) is 0 Å². The number of carbonyl (C=O) groups excluding carboxylic acids is 2. The van der Waals surface area contributed by atoms with Crippen LogP contribution < -0.4 is 10.2 Å². The quantitative estimate of drug-likeness (QED) is 0.521. The highest BCUT2D eigenvalue weighted by Gasteiger charge is 2.38. The monoisotopic (exact) mass is 290 g/mol. The number of anilines is 2. The SMILES string of the molecule is CN(C)c1ccc(NC=C2C(=O)OC(C)(C)OC2=O)cc1. The van der Waals surface area contributed by atoms with E-state index in [1.165, 1.54) is 20.0 Å². The van der Waals surface area contributed by atoms with E-state index in [1.54, 1.807) is 0 Å². The number of nitrogens with zero attached hydrogens (tertiary/aromatic N) is 1. The van der Waals surface area contributed by atoms with Crippen LogP contribution in [-0.2, 0) is 19.1 Å². The Bertz CT molecular complexity index is 566. The normalized spacial score (nSPS) is 16.9. The van der Waals surface area contributed by atoms with Gasteiger partial charge in [0.15, 0.2) is 5.57 Å². The first-order valence-electron chi connectivity index (χ1n) is 6.49. The van der Waals surface area contributed by atoms with Crippen LogP contribution in [-0.4, -0.2) is 31.8 Å². The van der Waals surface area contributed by atoms with E-state index in [0.29, 0.717) is 0 Å². The van der Waals surface area contributed by atoms with Crippen LogP contribution in [0.25, 0.3) is 0 Å². The highest BCUT2D eigenvalue weighted by Crippen LogP contribution is 2.23. The largest absolute Gasteiger partial charge is 0.419 e. The van der Waals surface area contributed by atoms with Gasteiger partial charge in [0.1, 0.15) is 0 Å². The van der Waals surface area contributed by atoms with E-state index in [9.17, 15) is 9.59 Å². The minimum absolute atomic E-state index is 0.161. The van der Waals surface area contributed by atoms with Gasteiger partial charge in [0.2, 0.25) is 0 Å². The van der Waals surface area contributed by atoms with E-state index in [1.807, 2.05) is 43.3 Å². The van der Waals surface area contributed by atoms with Gasteiger partial charge in [-0.1, -0.05) is 0 Å². The maximum absolute atomic E-state index is 11.7.